The molecular weight excluding hydrogens is 220 g/mol. The van der Waals surface area contributed by atoms with Gasteiger partial charge in [-0.3, -0.25) is 0 Å². The minimum atomic E-state index is -0.820. The highest BCUT2D eigenvalue weighted by molar-refractivity contribution is 5.35. The minimum Gasteiger partial charge on any atom is -0.385 e. The molecular formula is C17H20O. The largest absolute Gasteiger partial charge is 0.385 e. The van der Waals surface area contributed by atoms with Crippen molar-refractivity contribution in [3.05, 3.63) is 70.8 Å². The van der Waals surface area contributed by atoms with Gasteiger partial charge in [-0.1, -0.05) is 54.1 Å². The minimum absolute atomic E-state index is 0.637. The van der Waals surface area contributed by atoms with Crippen LogP contribution in [-0.4, -0.2) is 5.11 Å². The molecule has 0 spiro atoms. The fourth-order valence-corrected chi connectivity index (χ4v) is 2.51. The third kappa shape index (κ3) is 2.80. The first-order valence-electron chi connectivity index (χ1n) is 6.33. The third-order valence-electron chi connectivity index (χ3n) is 3.35. The van der Waals surface area contributed by atoms with Crippen LogP contribution in [0.5, 0.6) is 0 Å². The van der Waals surface area contributed by atoms with Gasteiger partial charge in [0.05, 0.1) is 5.60 Å². The van der Waals surface area contributed by atoms with Crippen molar-refractivity contribution in [1.29, 1.82) is 0 Å². The number of hydrogen-bond donors (Lipinski definition) is 1. The van der Waals surface area contributed by atoms with Crippen LogP contribution in [0.1, 0.15) is 29.2 Å². The Kier molecular flexibility index (Phi) is 3.53. The number of aryl methyl sites for hydroxylation is 2. The first-order chi connectivity index (χ1) is 8.49. The normalized spacial score (nSPS) is 14.2. The Morgan fingerprint density at radius 2 is 1.67 bits per heavy atom. The maximum atomic E-state index is 10.7. The summed E-state index contributed by atoms with van der Waals surface area (Å²) in [7, 11) is 0. The van der Waals surface area contributed by atoms with Crippen LogP contribution in [0.4, 0.5) is 0 Å². The summed E-state index contributed by atoms with van der Waals surface area (Å²) in [6, 6.07) is 16.3. The molecule has 2 aromatic carbocycles. The lowest BCUT2D eigenvalue weighted by molar-refractivity contribution is 0.0570. The topological polar surface area (TPSA) is 20.2 Å². The van der Waals surface area contributed by atoms with Crippen molar-refractivity contribution < 1.29 is 5.11 Å². The maximum Gasteiger partial charge on any atom is 0.0911 e. The molecule has 1 atom stereocenters. The van der Waals surface area contributed by atoms with Crippen LogP contribution >= 0.6 is 0 Å². The van der Waals surface area contributed by atoms with E-state index in [2.05, 4.69) is 38.1 Å². The van der Waals surface area contributed by atoms with Gasteiger partial charge in [-0.2, -0.15) is 0 Å². The molecule has 94 valence electrons. The van der Waals surface area contributed by atoms with Gasteiger partial charge in [0.25, 0.3) is 0 Å². The molecule has 0 aliphatic heterocycles. The SMILES string of the molecule is Cc1ccc(C(C)(O)Cc2ccccc2)c(C)c1. The van der Waals surface area contributed by atoms with E-state index >= 15 is 0 Å². The predicted molar refractivity (Wildman–Crippen MR) is 75.6 cm³/mol. The van der Waals surface area contributed by atoms with E-state index in [1.54, 1.807) is 0 Å². The molecule has 0 fully saturated rings. The van der Waals surface area contributed by atoms with Crippen LogP contribution in [0, 0.1) is 13.8 Å². The molecule has 1 N–H and O–H groups in total. The zero-order valence-electron chi connectivity index (χ0n) is 11.3. The zero-order valence-corrected chi connectivity index (χ0v) is 11.3. The molecule has 0 aliphatic carbocycles. The molecule has 0 saturated carbocycles. The van der Waals surface area contributed by atoms with Crippen molar-refractivity contribution >= 4 is 0 Å². The smallest absolute Gasteiger partial charge is 0.0911 e. The van der Waals surface area contributed by atoms with Crippen molar-refractivity contribution in [3.8, 4) is 0 Å². The van der Waals surface area contributed by atoms with Crippen LogP contribution in [0.15, 0.2) is 48.5 Å². The van der Waals surface area contributed by atoms with E-state index in [1.807, 2.05) is 31.2 Å². The van der Waals surface area contributed by atoms with Gasteiger partial charge < -0.3 is 5.11 Å². The molecule has 0 radical (unpaired) electrons. The Labute approximate surface area is 109 Å². The van der Waals surface area contributed by atoms with Crippen LogP contribution < -0.4 is 0 Å². The first kappa shape index (κ1) is 12.8. The van der Waals surface area contributed by atoms with Gasteiger partial charge >= 0.3 is 0 Å². The lowest BCUT2D eigenvalue weighted by Crippen LogP contribution is -2.25. The molecule has 0 heterocycles. The van der Waals surface area contributed by atoms with Crippen molar-refractivity contribution in [3.63, 3.8) is 0 Å². The fourth-order valence-electron chi connectivity index (χ4n) is 2.51. The lowest BCUT2D eigenvalue weighted by atomic mass is 9.86. The molecule has 0 bridgehead atoms. The van der Waals surface area contributed by atoms with Crippen LogP contribution in [0.3, 0.4) is 0 Å². The summed E-state index contributed by atoms with van der Waals surface area (Å²) in [5.41, 5.74) is 3.72. The molecule has 1 nitrogen and oxygen atoms in total. The van der Waals surface area contributed by atoms with E-state index in [0.29, 0.717) is 6.42 Å². The van der Waals surface area contributed by atoms with Gasteiger partial charge in [0.1, 0.15) is 0 Å². The maximum absolute atomic E-state index is 10.7. The van der Waals surface area contributed by atoms with Gasteiger partial charge in [-0.15, -0.1) is 0 Å². The van der Waals surface area contributed by atoms with Crippen molar-refractivity contribution in [2.75, 3.05) is 0 Å². The van der Waals surface area contributed by atoms with E-state index in [-0.39, 0.29) is 0 Å². The Bertz CT molecular complexity index is 527. The fraction of sp³-hybridized carbons (Fsp3) is 0.294. The zero-order chi connectivity index (χ0) is 13.2. The summed E-state index contributed by atoms with van der Waals surface area (Å²) < 4.78 is 0. The van der Waals surface area contributed by atoms with Gasteiger partial charge in [-0.25, -0.2) is 0 Å². The molecule has 2 aromatic rings. The second-order valence-electron chi connectivity index (χ2n) is 5.25. The highest BCUT2D eigenvalue weighted by Gasteiger charge is 2.25. The number of rotatable bonds is 3. The summed E-state index contributed by atoms with van der Waals surface area (Å²) >= 11 is 0. The van der Waals surface area contributed by atoms with Gasteiger partial charge in [-0.05, 0) is 37.5 Å². The molecule has 1 heteroatoms. The summed E-state index contributed by atoms with van der Waals surface area (Å²) in [4.78, 5) is 0. The average molecular weight is 240 g/mol. The molecule has 0 aliphatic rings. The van der Waals surface area contributed by atoms with E-state index in [4.69, 9.17) is 0 Å². The predicted octanol–water partition coefficient (Wildman–Crippen LogP) is 3.75. The quantitative estimate of drug-likeness (QED) is 0.866. The number of hydrogen-bond acceptors (Lipinski definition) is 1. The Morgan fingerprint density at radius 1 is 1.00 bits per heavy atom. The molecule has 0 aromatic heterocycles. The van der Waals surface area contributed by atoms with Crippen LogP contribution in [-0.2, 0) is 12.0 Å². The van der Waals surface area contributed by atoms with Gasteiger partial charge in [0.15, 0.2) is 0 Å². The van der Waals surface area contributed by atoms with Crippen molar-refractivity contribution in [2.45, 2.75) is 32.8 Å². The molecule has 0 saturated heterocycles. The van der Waals surface area contributed by atoms with Gasteiger partial charge in [0.2, 0.25) is 0 Å². The molecule has 18 heavy (non-hydrogen) atoms. The van der Waals surface area contributed by atoms with Crippen LogP contribution in [0.25, 0.3) is 0 Å². The van der Waals surface area contributed by atoms with Crippen molar-refractivity contribution in [1.82, 2.24) is 0 Å². The molecule has 1 unspecified atom stereocenters. The van der Waals surface area contributed by atoms with E-state index in [9.17, 15) is 5.11 Å². The monoisotopic (exact) mass is 240 g/mol. The number of aliphatic hydroxyl groups is 1. The Morgan fingerprint density at radius 3 is 2.28 bits per heavy atom. The Balaban J connectivity index is 2.30. The first-order valence-corrected chi connectivity index (χ1v) is 6.33. The average Bonchev–Trinajstić information content (AvgIpc) is 2.29. The summed E-state index contributed by atoms with van der Waals surface area (Å²) in [5, 5.41) is 10.7. The molecule has 0 amide bonds. The van der Waals surface area contributed by atoms with Gasteiger partial charge in [0, 0.05) is 6.42 Å². The summed E-state index contributed by atoms with van der Waals surface area (Å²) in [6.07, 6.45) is 0.637. The Hall–Kier alpha value is -1.60. The lowest BCUT2D eigenvalue weighted by Gasteiger charge is -2.26. The van der Waals surface area contributed by atoms with Crippen molar-refractivity contribution in [2.24, 2.45) is 0 Å². The highest BCUT2D eigenvalue weighted by Crippen LogP contribution is 2.28. The highest BCUT2D eigenvalue weighted by atomic mass is 16.3. The summed E-state index contributed by atoms with van der Waals surface area (Å²) in [5.74, 6) is 0. The second kappa shape index (κ2) is 4.95. The standard InChI is InChI=1S/C17H20O/c1-13-9-10-16(14(2)11-13)17(3,18)12-15-7-5-4-6-8-15/h4-11,18H,12H2,1-3H3. The van der Waals surface area contributed by atoms with E-state index in [1.165, 1.54) is 5.56 Å². The molecule has 2 rings (SSSR count). The number of benzene rings is 2. The second-order valence-corrected chi connectivity index (χ2v) is 5.25. The van der Waals surface area contributed by atoms with Crippen LogP contribution in [0.2, 0.25) is 0 Å². The third-order valence-corrected chi connectivity index (χ3v) is 3.35. The van der Waals surface area contributed by atoms with E-state index in [0.717, 1.165) is 16.7 Å². The van der Waals surface area contributed by atoms with E-state index < -0.39 is 5.60 Å². The summed E-state index contributed by atoms with van der Waals surface area (Å²) in [6.45, 7) is 6.02.